The van der Waals surface area contributed by atoms with E-state index in [0.717, 1.165) is 6.07 Å². The second kappa shape index (κ2) is 5.57. The molecule has 1 aliphatic rings. The molecule has 0 amide bonds. The lowest BCUT2D eigenvalue weighted by atomic mass is 9.97. The molecule has 0 spiro atoms. The summed E-state index contributed by atoms with van der Waals surface area (Å²) in [6.45, 7) is 0.209. The lowest BCUT2D eigenvalue weighted by Crippen LogP contribution is -2.27. The van der Waals surface area contributed by atoms with Crippen molar-refractivity contribution in [2.45, 2.75) is 24.7 Å². The SMILES string of the molecule is OC1CC(c2ccccc2C(F)(F)F)N(c2ncccn2)C1. The molecule has 0 aliphatic carbocycles. The summed E-state index contributed by atoms with van der Waals surface area (Å²) in [5, 5.41) is 9.91. The van der Waals surface area contributed by atoms with Crippen LogP contribution in [0, 0.1) is 0 Å². The summed E-state index contributed by atoms with van der Waals surface area (Å²) in [6.07, 6.45) is -1.88. The molecule has 3 rings (SSSR count). The highest BCUT2D eigenvalue weighted by Gasteiger charge is 2.40. The molecule has 0 radical (unpaired) electrons. The molecule has 1 saturated heterocycles. The molecule has 2 heterocycles. The molecule has 1 aromatic carbocycles. The topological polar surface area (TPSA) is 49.2 Å². The van der Waals surface area contributed by atoms with E-state index in [0.29, 0.717) is 5.95 Å². The van der Waals surface area contributed by atoms with Crippen molar-refractivity contribution in [3.63, 3.8) is 0 Å². The number of hydrogen-bond acceptors (Lipinski definition) is 4. The Morgan fingerprint density at radius 1 is 1.09 bits per heavy atom. The van der Waals surface area contributed by atoms with Gasteiger partial charge in [-0.2, -0.15) is 13.2 Å². The molecule has 1 fully saturated rings. The smallest absolute Gasteiger partial charge is 0.391 e. The van der Waals surface area contributed by atoms with E-state index in [2.05, 4.69) is 9.97 Å². The molecular weight excluding hydrogens is 295 g/mol. The van der Waals surface area contributed by atoms with Crippen LogP contribution in [0.1, 0.15) is 23.6 Å². The van der Waals surface area contributed by atoms with Gasteiger partial charge in [0.15, 0.2) is 0 Å². The number of aromatic nitrogens is 2. The van der Waals surface area contributed by atoms with Gasteiger partial charge in [-0.25, -0.2) is 9.97 Å². The third-order valence-corrected chi connectivity index (χ3v) is 3.71. The molecule has 2 atom stereocenters. The van der Waals surface area contributed by atoms with Crippen LogP contribution in [0.25, 0.3) is 0 Å². The maximum atomic E-state index is 13.2. The first-order valence-electron chi connectivity index (χ1n) is 6.84. The maximum Gasteiger partial charge on any atom is 0.416 e. The highest BCUT2D eigenvalue weighted by atomic mass is 19.4. The highest BCUT2D eigenvalue weighted by Crippen LogP contribution is 2.41. The molecule has 2 aromatic rings. The Kier molecular flexibility index (Phi) is 3.74. The Hall–Kier alpha value is -2.15. The van der Waals surface area contributed by atoms with Gasteiger partial charge in [0.2, 0.25) is 5.95 Å². The number of nitrogens with zero attached hydrogens (tertiary/aromatic N) is 3. The number of aliphatic hydroxyl groups is 1. The van der Waals surface area contributed by atoms with Crippen LogP contribution < -0.4 is 4.90 Å². The van der Waals surface area contributed by atoms with Crippen LogP contribution in [0.4, 0.5) is 19.1 Å². The molecule has 2 unspecified atom stereocenters. The molecule has 22 heavy (non-hydrogen) atoms. The Morgan fingerprint density at radius 3 is 2.45 bits per heavy atom. The van der Waals surface area contributed by atoms with Crippen molar-refractivity contribution in [2.75, 3.05) is 11.4 Å². The van der Waals surface area contributed by atoms with Crippen molar-refractivity contribution < 1.29 is 18.3 Å². The van der Waals surface area contributed by atoms with Gasteiger partial charge >= 0.3 is 6.18 Å². The van der Waals surface area contributed by atoms with Crippen molar-refractivity contribution in [2.24, 2.45) is 0 Å². The molecule has 0 saturated carbocycles. The number of aliphatic hydroxyl groups excluding tert-OH is 1. The van der Waals surface area contributed by atoms with E-state index in [9.17, 15) is 18.3 Å². The minimum absolute atomic E-state index is 0.138. The predicted molar refractivity (Wildman–Crippen MR) is 74.2 cm³/mol. The molecule has 116 valence electrons. The average Bonchev–Trinajstić information content (AvgIpc) is 2.89. The number of β-amino-alcohol motifs (C(OH)–C–C–N with tert-alkyl or cyclic N) is 1. The Morgan fingerprint density at radius 2 is 1.77 bits per heavy atom. The summed E-state index contributed by atoms with van der Waals surface area (Å²) in [4.78, 5) is 9.79. The summed E-state index contributed by atoms with van der Waals surface area (Å²) in [5.41, 5.74) is -0.547. The van der Waals surface area contributed by atoms with Crippen LogP contribution in [0.5, 0.6) is 0 Å². The molecule has 1 aromatic heterocycles. The third-order valence-electron chi connectivity index (χ3n) is 3.71. The molecule has 1 N–H and O–H groups in total. The molecule has 4 nitrogen and oxygen atoms in total. The van der Waals surface area contributed by atoms with Gasteiger partial charge in [-0.05, 0) is 24.1 Å². The number of hydrogen-bond donors (Lipinski definition) is 1. The monoisotopic (exact) mass is 309 g/mol. The average molecular weight is 309 g/mol. The van der Waals surface area contributed by atoms with Crippen molar-refractivity contribution in [3.8, 4) is 0 Å². The van der Waals surface area contributed by atoms with Crippen LogP contribution in [-0.2, 0) is 6.18 Å². The van der Waals surface area contributed by atoms with Crippen molar-refractivity contribution >= 4 is 5.95 Å². The first-order chi connectivity index (χ1) is 10.5. The lowest BCUT2D eigenvalue weighted by molar-refractivity contribution is -0.138. The number of rotatable bonds is 2. The fourth-order valence-electron chi connectivity index (χ4n) is 2.81. The summed E-state index contributed by atoms with van der Waals surface area (Å²) in [7, 11) is 0. The van der Waals surface area contributed by atoms with E-state index >= 15 is 0 Å². The van der Waals surface area contributed by atoms with E-state index in [1.54, 1.807) is 17.0 Å². The van der Waals surface area contributed by atoms with E-state index in [1.807, 2.05) is 0 Å². The number of alkyl halides is 3. The molecule has 1 aliphatic heterocycles. The minimum atomic E-state index is -4.44. The van der Waals surface area contributed by atoms with E-state index in [1.165, 1.54) is 24.5 Å². The Bertz CT molecular complexity index is 648. The zero-order valence-electron chi connectivity index (χ0n) is 11.5. The number of anilines is 1. The standard InChI is InChI=1S/C15H14F3N3O/c16-15(17,18)12-5-2-1-4-11(12)13-8-10(22)9-21(13)14-19-6-3-7-20-14/h1-7,10,13,22H,8-9H2. The summed E-state index contributed by atoms with van der Waals surface area (Å²) in [5.74, 6) is 0.320. The van der Waals surface area contributed by atoms with Gasteiger partial charge in [-0.1, -0.05) is 18.2 Å². The first-order valence-corrected chi connectivity index (χ1v) is 6.84. The Balaban J connectivity index is 2.03. The predicted octanol–water partition coefficient (Wildman–Crippen LogP) is 2.81. The van der Waals surface area contributed by atoms with Gasteiger partial charge in [-0.3, -0.25) is 0 Å². The van der Waals surface area contributed by atoms with Gasteiger partial charge in [-0.15, -0.1) is 0 Å². The van der Waals surface area contributed by atoms with Gasteiger partial charge in [0.1, 0.15) is 0 Å². The largest absolute Gasteiger partial charge is 0.416 e. The van der Waals surface area contributed by atoms with Crippen LogP contribution in [-0.4, -0.2) is 27.7 Å². The summed E-state index contributed by atoms with van der Waals surface area (Å²) in [6, 6.07) is 6.47. The van der Waals surface area contributed by atoms with E-state index in [-0.39, 0.29) is 18.5 Å². The Labute approximate surface area is 125 Å². The van der Waals surface area contributed by atoms with Crippen LogP contribution >= 0.6 is 0 Å². The quantitative estimate of drug-likeness (QED) is 0.927. The fraction of sp³-hybridized carbons (Fsp3) is 0.333. The fourth-order valence-corrected chi connectivity index (χ4v) is 2.81. The maximum absolute atomic E-state index is 13.2. The van der Waals surface area contributed by atoms with Gasteiger partial charge in [0, 0.05) is 18.9 Å². The van der Waals surface area contributed by atoms with E-state index in [4.69, 9.17) is 0 Å². The van der Waals surface area contributed by atoms with Gasteiger partial charge < -0.3 is 10.0 Å². The number of halogens is 3. The normalized spacial score (nSPS) is 22.1. The van der Waals surface area contributed by atoms with Crippen LogP contribution in [0.2, 0.25) is 0 Å². The first kappa shape index (κ1) is 14.8. The second-order valence-corrected chi connectivity index (χ2v) is 5.19. The van der Waals surface area contributed by atoms with Crippen molar-refractivity contribution in [1.82, 2.24) is 9.97 Å². The zero-order chi connectivity index (χ0) is 15.7. The molecule has 7 heteroatoms. The van der Waals surface area contributed by atoms with Gasteiger partial charge in [0.25, 0.3) is 0 Å². The number of benzene rings is 1. The lowest BCUT2D eigenvalue weighted by Gasteiger charge is -2.26. The molecule has 0 bridgehead atoms. The highest BCUT2D eigenvalue weighted by molar-refractivity contribution is 5.43. The van der Waals surface area contributed by atoms with Crippen LogP contribution in [0.15, 0.2) is 42.7 Å². The van der Waals surface area contributed by atoms with Crippen molar-refractivity contribution in [1.29, 1.82) is 0 Å². The summed E-state index contributed by atoms with van der Waals surface area (Å²) < 4.78 is 39.6. The van der Waals surface area contributed by atoms with Gasteiger partial charge in [0.05, 0.1) is 17.7 Å². The summed E-state index contributed by atoms with van der Waals surface area (Å²) >= 11 is 0. The molecular formula is C15H14F3N3O. The van der Waals surface area contributed by atoms with E-state index < -0.39 is 23.9 Å². The third kappa shape index (κ3) is 2.76. The van der Waals surface area contributed by atoms with Crippen molar-refractivity contribution in [3.05, 3.63) is 53.9 Å². The second-order valence-electron chi connectivity index (χ2n) is 5.19. The minimum Gasteiger partial charge on any atom is -0.391 e. The van der Waals surface area contributed by atoms with Crippen LogP contribution in [0.3, 0.4) is 0 Å². The zero-order valence-corrected chi connectivity index (χ0v) is 11.5.